The second-order valence-corrected chi connectivity index (χ2v) is 5.63. The van der Waals surface area contributed by atoms with Crippen LogP contribution in [0, 0.1) is 17.2 Å². The highest BCUT2D eigenvalue weighted by Gasteiger charge is 2.18. The van der Waals surface area contributed by atoms with E-state index in [2.05, 4.69) is 11.4 Å². The minimum atomic E-state index is 0.0962. The van der Waals surface area contributed by atoms with Gasteiger partial charge in [0.1, 0.15) is 6.54 Å². The molecule has 0 radical (unpaired) electrons. The lowest BCUT2D eigenvalue weighted by Gasteiger charge is -2.24. The average molecular weight is 285 g/mol. The van der Waals surface area contributed by atoms with Gasteiger partial charge in [-0.1, -0.05) is 30.3 Å². The highest BCUT2D eigenvalue weighted by Crippen LogP contribution is 2.18. The van der Waals surface area contributed by atoms with E-state index in [1.165, 1.54) is 0 Å². The van der Waals surface area contributed by atoms with Gasteiger partial charge in [-0.05, 0) is 43.8 Å². The molecule has 0 saturated carbocycles. The normalized spacial score (nSPS) is 15.4. The number of benzene rings is 1. The summed E-state index contributed by atoms with van der Waals surface area (Å²) in [5, 5.41) is 12.3. The fourth-order valence-electron chi connectivity index (χ4n) is 2.78. The molecule has 112 valence electrons. The molecule has 4 heteroatoms. The number of piperidine rings is 1. The summed E-state index contributed by atoms with van der Waals surface area (Å²) < 4.78 is 0. The summed E-state index contributed by atoms with van der Waals surface area (Å²) in [4.78, 5) is 14.0. The summed E-state index contributed by atoms with van der Waals surface area (Å²) in [6.45, 7) is 2.81. The first-order chi connectivity index (χ1) is 10.3. The molecule has 1 amide bonds. The monoisotopic (exact) mass is 285 g/mol. The fraction of sp³-hybridized carbons (Fsp3) is 0.529. The second kappa shape index (κ2) is 8.43. The number of hydrogen-bond donors (Lipinski definition) is 1. The van der Waals surface area contributed by atoms with E-state index >= 15 is 0 Å². The van der Waals surface area contributed by atoms with Gasteiger partial charge in [0.25, 0.3) is 0 Å². The molecule has 21 heavy (non-hydrogen) atoms. The second-order valence-electron chi connectivity index (χ2n) is 5.63. The molecule has 1 saturated heterocycles. The van der Waals surface area contributed by atoms with E-state index < -0.39 is 0 Å². The van der Waals surface area contributed by atoms with E-state index in [1.54, 1.807) is 4.90 Å². The molecule has 0 aliphatic carbocycles. The minimum Gasteiger partial charge on any atom is -0.325 e. The third-order valence-corrected chi connectivity index (χ3v) is 4.06. The molecule has 0 spiro atoms. The van der Waals surface area contributed by atoms with Gasteiger partial charge in [0.2, 0.25) is 5.91 Å². The summed E-state index contributed by atoms with van der Waals surface area (Å²) in [7, 11) is 0. The summed E-state index contributed by atoms with van der Waals surface area (Å²) >= 11 is 0. The molecule has 4 nitrogen and oxygen atoms in total. The first-order valence-corrected chi connectivity index (χ1v) is 7.69. The summed E-state index contributed by atoms with van der Waals surface area (Å²) in [5.74, 6) is 0.745. The lowest BCUT2D eigenvalue weighted by molar-refractivity contribution is -0.131. The maximum absolute atomic E-state index is 12.3. The zero-order valence-electron chi connectivity index (χ0n) is 12.4. The molecule has 1 aliphatic heterocycles. The Bertz CT molecular complexity index is 475. The van der Waals surface area contributed by atoms with E-state index in [9.17, 15) is 4.79 Å². The van der Waals surface area contributed by atoms with Crippen molar-refractivity contribution in [3.63, 3.8) is 0 Å². The van der Waals surface area contributed by atoms with Gasteiger partial charge in [-0.3, -0.25) is 4.79 Å². The van der Waals surface area contributed by atoms with Crippen molar-refractivity contribution in [2.45, 2.75) is 32.2 Å². The van der Waals surface area contributed by atoms with Gasteiger partial charge >= 0.3 is 0 Å². The van der Waals surface area contributed by atoms with E-state index in [4.69, 9.17) is 5.26 Å². The van der Waals surface area contributed by atoms with Crippen LogP contribution in [-0.2, 0) is 11.3 Å². The van der Waals surface area contributed by atoms with Crippen molar-refractivity contribution < 1.29 is 4.79 Å². The van der Waals surface area contributed by atoms with Crippen LogP contribution in [0.4, 0.5) is 0 Å². The zero-order chi connectivity index (χ0) is 14.9. The fourth-order valence-corrected chi connectivity index (χ4v) is 2.78. The Morgan fingerprint density at radius 2 is 2.00 bits per heavy atom. The van der Waals surface area contributed by atoms with Gasteiger partial charge < -0.3 is 10.2 Å². The Morgan fingerprint density at radius 1 is 1.29 bits per heavy atom. The third-order valence-electron chi connectivity index (χ3n) is 4.06. The van der Waals surface area contributed by atoms with E-state index in [0.717, 1.165) is 37.9 Å². The lowest BCUT2D eigenvalue weighted by Crippen LogP contribution is -2.32. The van der Waals surface area contributed by atoms with Crippen molar-refractivity contribution in [2.75, 3.05) is 19.6 Å². The number of nitriles is 1. The molecule has 2 rings (SSSR count). The van der Waals surface area contributed by atoms with Crippen molar-refractivity contribution in [3.05, 3.63) is 35.9 Å². The zero-order valence-corrected chi connectivity index (χ0v) is 12.4. The molecule has 0 unspecified atom stereocenters. The number of carbonyl (C=O) groups excluding carboxylic acids is 1. The Balaban J connectivity index is 1.85. The van der Waals surface area contributed by atoms with Crippen LogP contribution in [0.25, 0.3) is 0 Å². The summed E-state index contributed by atoms with van der Waals surface area (Å²) in [5.41, 5.74) is 1.07. The molecule has 1 N–H and O–H groups in total. The largest absolute Gasteiger partial charge is 0.325 e. The van der Waals surface area contributed by atoms with Crippen molar-refractivity contribution in [3.8, 4) is 6.07 Å². The van der Waals surface area contributed by atoms with E-state index in [0.29, 0.717) is 18.9 Å². The minimum absolute atomic E-state index is 0.0962. The van der Waals surface area contributed by atoms with Gasteiger partial charge in [0.05, 0.1) is 6.07 Å². The highest BCUT2D eigenvalue weighted by atomic mass is 16.2. The topological polar surface area (TPSA) is 56.1 Å². The highest BCUT2D eigenvalue weighted by molar-refractivity contribution is 5.76. The molecule has 1 aliphatic rings. The molecule has 1 fully saturated rings. The van der Waals surface area contributed by atoms with Crippen LogP contribution in [0.2, 0.25) is 0 Å². The molecule has 0 bridgehead atoms. The van der Waals surface area contributed by atoms with Crippen molar-refractivity contribution in [1.29, 1.82) is 5.26 Å². The number of nitrogens with zero attached hydrogens (tertiary/aromatic N) is 2. The molecular weight excluding hydrogens is 262 g/mol. The van der Waals surface area contributed by atoms with Crippen LogP contribution in [0.1, 0.15) is 31.2 Å². The molecule has 1 aromatic carbocycles. The van der Waals surface area contributed by atoms with Gasteiger partial charge in [-0.15, -0.1) is 0 Å². The van der Waals surface area contributed by atoms with Gasteiger partial charge in [-0.2, -0.15) is 5.26 Å². The smallest absolute Gasteiger partial charge is 0.223 e. The molecule has 0 atom stereocenters. The Hall–Kier alpha value is -1.86. The van der Waals surface area contributed by atoms with Crippen molar-refractivity contribution >= 4 is 5.91 Å². The molecule has 1 heterocycles. The number of carbonyl (C=O) groups is 1. The summed E-state index contributed by atoms with van der Waals surface area (Å²) in [6, 6.07) is 12.0. The number of hydrogen-bond acceptors (Lipinski definition) is 3. The van der Waals surface area contributed by atoms with Crippen LogP contribution in [0.5, 0.6) is 0 Å². The maximum Gasteiger partial charge on any atom is 0.223 e. The van der Waals surface area contributed by atoms with Gasteiger partial charge in [0, 0.05) is 13.0 Å². The molecule has 0 aromatic heterocycles. The Labute approximate surface area is 126 Å². The molecular formula is C17H23N3O. The van der Waals surface area contributed by atoms with Crippen LogP contribution >= 0.6 is 0 Å². The lowest BCUT2D eigenvalue weighted by atomic mass is 9.93. The van der Waals surface area contributed by atoms with Crippen molar-refractivity contribution in [2.24, 2.45) is 5.92 Å². The Morgan fingerprint density at radius 3 is 2.67 bits per heavy atom. The van der Waals surface area contributed by atoms with Crippen LogP contribution in [0.15, 0.2) is 30.3 Å². The predicted octanol–water partition coefficient (Wildman–Crippen LogP) is 2.32. The van der Waals surface area contributed by atoms with E-state index in [-0.39, 0.29) is 12.5 Å². The SMILES string of the molecule is N#CCN(Cc1ccccc1)C(=O)CCC1CCNCC1. The van der Waals surface area contributed by atoms with Crippen LogP contribution in [0.3, 0.4) is 0 Å². The van der Waals surface area contributed by atoms with Crippen molar-refractivity contribution in [1.82, 2.24) is 10.2 Å². The maximum atomic E-state index is 12.3. The standard InChI is InChI=1S/C17H23N3O/c18-10-13-20(14-16-4-2-1-3-5-16)17(21)7-6-15-8-11-19-12-9-15/h1-5,15,19H,6-9,11-14H2. The van der Waals surface area contributed by atoms with Gasteiger partial charge in [0.15, 0.2) is 0 Å². The van der Waals surface area contributed by atoms with Crippen LogP contribution < -0.4 is 5.32 Å². The number of rotatable bonds is 6. The number of amides is 1. The number of nitrogens with one attached hydrogen (secondary N) is 1. The predicted molar refractivity (Wildman–Crippen MR) is 82.3 cm³/mol. The summed E-state index contributed by atoms with van der Waals surface area (Å²) in [6.07, 6.45) is 3.81. The third kappa shape index (κ3) is 5.20. The first kappa shape index (κ1) is 15.5. The first-order valence-electron chi connectivity index (χ1n) is 7.69. The van der Waals surface area contributed by atoms with Gasteiger partial charge in [-0.25, -0.2) is 0 Å². The Kier molecular flexibility index (Phi) is 6.23. The quantitative estimate of drug-likeness (QED) is 0.816. The van der Waals surface area contributed by atoms with Crippen LogP contribution in [-0.4, -0.2) is 30.4 Å². The average Bonchev–Trinajstić information content (AvgIpc) is 2.54. The van der Waals surface area contributed by atoms with E-state index in [1.807, 2.05) is 30.3 Å². The molecule has 1 aromatic rings.